The number of carbonyl (C=O) groups is 2. The number of piperazine rings is 1. The fourth-order valence-electron chi connectivity index (χ4n) is 3.32. The lowest BCUT2D eigenvalue weighted by Crippen LogP contribution is -2.58. The van der Waals surface area contributed by atoms with E-state index in [0.29, 0.717) is 12.0 Å². The Morgan fingerprint density at radius 3 is 2.22 bits per heavy atom. The minimum absolute atomic E-state index is 0.200. The van der Waals surface area contributed by atoms with Crippen molar-refractivity contribution in [1.29, 1.82) is 0 Å². The molecule has 2 rings (SSSR count). The number of hydrogen-bond acceptors (Lipinski definition) is 4. The molecule has 6 heteroatoms. The molecule has 1 aliphatic rings. The molecule has 6 nitrogen and oxygen atoms in total. The Balaban J connectivity index is 1.99. The van der Waals surface area contributed by atoms with E-state index in [0.717, 1.165) is 25.2 Å². The van der Waals surface area contributed by atoms with Crippen LogP contribution >= 0.6 is 0 Å². The lowest BCUT2D eigenvalue weighted by atomic mass is 10.1. The summed E-state index contributed by atoms with van der Waals surface area (Å²) in [5.41, 5.74) is 3.16. The number of hydroxylamine groups is 1. The number of nitrogens with zero attached hydrogens (tertiary/aromatic N) is 2. The predicted octanol–water partition coefficient (Wildman–Crippen LogP) is 1.64. The van der Waals surface area contributed by atoms with E-state index in [2.05, 4.69) is 18.7 Å². The molecule has 1 heterocycles. The summed E-state index contributed by atoms with van der Waals surface area (Å²) in [6.07, 6.45) is 0.545. The second-order valence-corrected chi connectivity index (χ2v) is 6.18. The minimum atomic E-state index is -0.509. The molecule has 2 N–H and O–H groups in total. The van der Waals surface area contributed by atoms with Crippen LogP contribution < -0.4 is 5.48 Å². The maximum Gasteiger partial charge on any atom is 0.274 e. The maximum atomic E-state index is 12.0. The topological polar surface area (TPSA) is 72.9 Å². The second-order valence-electron chi connectivity index (χ2n) is 6.18. The molecule has 1 saturated heterocycles. The van der Waals surface area contributed by atoms with Gasteiger partial charge in [-0.15, -0.1) is 0 Å². The standard InChI is InChI=1S/C17H25N3O3/c1-4-16(21)20-12(2)9-19(10-13(20)3)11-14-5-7-15(8-6-14)17(22)18-23/h5-8,12-13,23H,4,9-11H2,1-3H3,(H,18,22)/t12-,13+. The summed E-state index contributed by atoms with van der Waals surface area (Å²) in [6, 6.07) is 7.58. The molecule has 0 bridgehead atoms. The zero-order valence-corrected chi connectivity index (χ0v) is 14.0. The van der Waals surface area contributed by atoms with Crippen molar-refractivity contribution in [3.63, 3.8) is 0 Å². The molecule has 1 aliphatic heterocycles. The van der Waals surface area contributed by atoms with Gasteiger partial charge in [-0.1, -0.05) is 19.1 Å². The third kappa shape index (κ3) is 4.09. The maximum absolute atomic E-state index is 12.0. The van der Waals surface area contributed by atoms with E-state index in [1.54, 1.807) is 17.6 Å². The van der Waals surface area contributed by atoms with Gasteiger partial charge in [0.25, 0.3) is 5.91 Å². The quantitative estimate of drug-likeness (QED) is 0.654. The van der Waals surface area contributed by atoms with E-state index in [1.165, 1.54) is 0 Å². The molecule has 2 amide bonds. The highest BCUT2D eigenvalue weighted by Gasteiger charge is 2.31. The van der Waals surface area contributed by atoms with Crippen molar-refractivity contribution in [1.82, 2.24) is 15.3 Å². The van der Waals surface area contributed by atoms with Crippen molar-refractivity contribution in [3.05, 3.63) is 35.4 Å². The molecule has 0 unspecified atom stereocenters. The summed E-state index contributed by atoms with van der Waals surface area (Å²) >= 11 is 0. The van der Waals surface area contributed by atoms with Crippen LogP contribution in [0.25, 0.3) is 0 Å². The van der Waals surface area contributed by atoms with Gasteiger partial charge < -0.3 is 4.90 Å². The predicted molar refractivity (Wildman–Crippen MR) is 87.0 cm³/mol. The summed E-state index contributed by atoms with van der Waals surface area (Å²) < 4.78 is 0. The van der Waals surface area contributed by atoms with E-state index >= 15 is 0 Å². The lowest BCUT2D eigenvalue weighted by molar-refractivity contribution is -0.138. The van der Waals surface area contributed by atoms with Gasteiger partial charge in [-0.3, -0.25) is 19.7 Å². The van der Waals surface area contributed by atoms with Gasteiger partial charge in [-0.05, 0) is 31.5 Å². The third-order valence-electron chi connectivity index (χ3n) is 4.31. The van der Waals surface area contributed by atoms with Crippen LogP contribution in [0.1, 0.15) is 43.1 Å². The summed E-state index contributed by atoms with van der Waals surface area (Å²) in [5, 5.41) is 8.63. The van der Waals surface area contributed by atoms with Crippen LogP contribution in [0.5, 0.6) is 0 Å². The number of hydrogen-bond donors (Lipinski definition) is 2. The second kappa shape index (κ2) is 7.57. The van der Waals surface area contributed by atoms with Crippen molar-refractivity contribution in [3.8, 4) is 0 Å². The first kappa shape index (κ1) is 17.4. The SMILES string of the molecule is CCC(=O)N1[C@H](C)CN(Cc2ccc(C(=O)NO)cc2)C[C@@H]1C. The molecular weight excluding hydrogens is 294 g/mol. The fraction of sp³-hybridized carbons (Fsp3) is 0.529. The van der Waals surface area contributed by atoms with Crippen LogP contribution in [-0.2, 0) is 11.3 Å². The van der Waals surface area contributed by atoms with Crippen molar-refractivity contribution < 1.29 is 14.8 Å². The van der Waals surface area contributed by atoms with Gasteiger partial charge in [-0.2, -0.15) is 0 Å². The van der Waals surface area contributed by atoms with Gasteiger partial charge in [0.1, 0.15) is 0 Å². The highest BCUT2D eigenvalue weighted by atomic mass is 16.5. The largest absolute Gasteiger partial charge is 0.335 e. The van der Waals surface area contributed by atoms with Crippen LogP contribution in [0, 0.1) is 0 Å². The molecule has 0 aromatic heterocycles. The molecule has 0 saturated carbocycles. The summed E-state index contributed by atoms with van der Waals surface area (Å²) in [6.45, 7) is 8.54. The van der Waals surface area contributed by atoms with Gasteiger partial charge in [0, 0.05) is 43.7 Å². The monoisotopic (exact) mass is 319 g/mol. The number of nitrogens with one attached hydrogen (secondary N) is 1. The first-order valence-corrected chi connectivity index (χ1v) is 8.03. The number of rotatable bonds is 4. The highest BCUT2D eigenvalue weighted by molar-refractivity contribution is 5.93. The molecule has 126 valence electrons. The van der Waals surface area contributed by atoms with Crippen LogP contribution in [0.2, 0.25) is 0 Å². The van der Waals surface area contributed by atoms with Crippen LogP contribution in [0.4, 0.5) is 0 Å². The van der Waals surface area contributed by atoms with Gasteiger partial charge in [0.2, 0.25) is 5.91 Å². The first-order valence-electron chi connectivity index (χ1n) is 8.03. The average molecular weight is 319 g/mol. The summed E-state index contributed by atoms with van der Waals surface area (Å²) in [4.78, 5) is 27.7. The Morgan fingerprint density at radius 1 is 1.17 bits per heavy atom. The molecule has 1 aromatic carbocycles. The molecule has 23 heavy (non-hydrogen) atoms. The van der Waals surface area contributed by atoms with Gasteiger partial charge in [0.05, 0.1) is 0 Å². The molecular formula is C17H25N3O3. The van der Waals surface area contributed by atoms with Crippen LogP contribution in [0.3, 0.4) is 0 Å². The van der Waals surface area contributed by atoms with Crippen molar-refractivity contribution >= 4 is 11.8 Å². The van der Waals surface area contributed by atoms with Crippen LogP contribution in [-0.4, -0.2) is 52.0 Å². The molecule has 0 aliphatic carbocycles. The van der Waals surface area contributed by atoms with Gasteiger partial charge in [0.15, 0.2) is 0 Å². The smallest absolute Gasteiger partial charge is 0.274 e. The van der Waals surface area contributed by atoms with Crippen molar-refractivity contribution in [2.24, 2.45) is 0 Å². The number of benzene rings is 1. The Hall–Kier alpha value is -1.92. The minimum Gasteiger partial charge on any atom is -0.335 e. The first-order chi connectivity index (χ1) is 11.0. The number of carbonyl (C=O) groups excluding carboxylic acids is 2. The van der Waals surface area contributed by atoms with Gasteiger partial charge in [-0.25, -0.2) is 5.48 Å². The summed E-state index contributed by atoms with van der Waals surface area (Å²) in [5.74, 6) is -0.297. The van der Waals surface area contributed by atoms with E-state index in [-0.39, 0.29) is 18.0 Å². The summed E-state index contributed by atoms with van der Waals surface area (Å²) in [7, 11) is 0. The van der Waals surface area contributed by atoms with E-state index in [4.69, 9.17) is 5.21 Å². The Bertz CT molecular complexity index is 547. The van der Waals surface area contributed by atoms with Crippen molar-refractivity contribution in [2.75, 3.05) is 13.1 Å². The van der Waals surface area contributed by atoms with E-state index < -0.39 is 5.91 Å². The highest BCUT2D eigenvalue weighted by Crippen LogP contribution is 2.19. The normalized spacial score (nSPS) is 22.0. The molecule has 0 spiro atoms. The molecule has 1 aromatic rings. The zero-order valence-electron chi connectivity index (χ0n) is 14.0. The zero-order chi connectivity index (χ0) is 17.0. The third-order valence-corrected chi connectivity index (χ3v) is 4.31. The molecule has 1 fully saturated rings. The van der Waals surface area contributed by atoms with E-state index in [1.807, 2.05) is 24.0 Å². The average Bonchev–Trinajstić information content (AvgIpc) is 2.54. The Kier molecular flexibility index (Phi) is 5.74. The Labute approximate surface area is 137 Å². The number of amides is 2. The fourth-order valence-corrected chi connectivity index (χ4v) is 3.32. The van der Waals surface area contributed by atoms with Crippen LogP contribution in [0.15, 0.2) is 24.3 Å². The molecule has 0 radical (unpaired) electrons. The van der Waals surface area contributed by atoms with Crippen molar-refractivity contribution in [2.45, 2.75) is 45.8 Å². The Morgan fingerprint density at radius 2 is 1.74 bits per heavy atom. The molecule has 2 atom stereocenters. The van der Waals surface area contributed by atoms with E-state index in [9.17, 15) is 9.59 Å². The lowest BCUT2D eigenvalue weighted by Gasteiger charge is -2.44. The van der Waals surface area contributed by atoms with Gasteiger partial charge >= 0.3 is 0 Å².